The second-order valence-corrected chi connectivity index (χ2v) is 8.40. The molecule has 0 aliphatic carbocycles. The molecule has 1 aromatic carbocycles. The van der Waals surface area contributed by atoms with Crippen LogP contribution in [0.15, 0.2) is 59.2 Å². The van der Waals surface area contributed by atoms with Crippen LogP contribution in [0.3, 0.4) is 0 Å². The van der Waals surface area contributed by atoms with E-state index in [2.05, 4.69) is 15.2 Å². The van der Waals surface area contributed by atoms with E-state index >= 15 is 0 Å². The lowest BCUT2D eigenvalue weighted by Crippen LogP contribution is -2.25. The third kappa shape index (κ3) is 6.02. The van der Waals surface area contributed by atoms with Crippen LogP contribution >= 0.6 is 0 Å². The maximum atomic E-state index is 6.16. The molecule has 0 saturated carbocycles. The number of benzene rings is 1. The molecular formula is C26H30N4O4. The second-order valence-electron chi connectivity index (χ2n) is 8.40. The molecule has 2 aromatic heterocycles. The molecule has 6 bridgehead atoms. The monoisotopic (exact) mass is 462 g/mol. The van der Waals surface area contributed by atoms with Crippen LogP contribution in [0.5, 0.6) is 5.75 Å². The number of anilines is 2. The SMILES string of the molecule is C1=CCOCc2cc(OCCN3CCCC3)c(o2)-c2ccnc(n2)Nc2cccc(c2)COC1. The summed E-state index contributed by atoms with van der Waals surface area (Å²) >= 11 is 0. The highest BCUT2D eigenvalue weighted by Crippen LogP contribution is 2.33. The van der Waals surface area contributed by atoms with Crippen LogP contribution in [0, 0.1) is 0 Å². The lowest BCUT2D eigenvalue weighted by Gasteiger charge is -2.14. The van der Waals surface area contributed by atoms with Crippen LogP contribution in [-0.4, -0.2) is 54.3 Å². The molecule has 2 aliphatic heterocycles. The van der Waals surface area contributed by atoms with Crippen molar-refractivity contribution in [3.05, 3.63) is 66.1 Å². The van der Waals surface area contributed by atoms with Gasteiger partial charge in [-0.15, -0.1) is 0 Å². The van der Waals surface area contributed by atoms with Crippen LogP contribution in [-0.2, 0) is 22.7 Å². The Morgan fingerprint density at radius 3 is 2.74 bits per heavy atom. The number of furan rings is 1. The average Bonchev–Trinajstić information content (AvgIpc) is 3.51. The van der Waals surface area contributed by atoms with Gasteiger partial charge in [0, 0.05) is 24.5 Å². The molecule has 8 heteroatoms. The van der Waals surface area contributed by atoms with Gasteiger partial charge in [-0.1, -0.05) is 24.3 Å². The van der Waals surface area contributed by atoms with Gasteiger partial charge in [-0.2, -0.15) is 0 Å². The van der Waals surface area contributed by atoms with E-state index in [9.17, 15) is 0 Å². The number of nitrogens with one attached hydrogen (secondary N) is 1. The van der Waals surface area contributed by atoms with Gasteiger partial charge in [0.05, 0.1) is 19.8 Å². The smallest absolute Gasteiger partial charge is 0.227 e. The van der Waals surface area contributed by atoms with E-state index in [0.29, 0.717) is 61.9 Å². The van der Waals surface area contributed by atoms with Gasteiger partial charge in [0.25, 0.3) is 0 Å². The molecule has 0 atom stereocenters. The van der Waals surface area contributed by atoms with Crippen molar-refractivity contribution >= 4 is 11.6 Å². The fourth-order valence-electron chi connectivity index (χ4n) is 4.09. The van der Waals surface area contributed by atoms with Crippen molar-refractivity contribution in [1.82, 2.24) is 14.9 Å². The van der Waals surface area contributed by atoms with Gasteiger partial charge in [0.1, 0.15) is 24.7 Å². The lowest BCUT2D eigenvalue weighted by atomic mass is 10.2. The highest BCUT2D eigenvalue weighted by molar-refractivity contribution is 5.64. The fraction of sp³-hybridized carbons (Fsp3) is 0.385. The zero-order valence-electron chi connectivity index (χ0n) is 19.2. The first-order valence-electron chi connectivity index (χ1n) is 11.8. The molecule has 1 N–H and O–H groups in total. The third-order valence-electron chi connectivity index (χ3n) is 5.79. The minimum atomic E-state index is 0.342. The summed E-state index contributed by atoms with van der Waals surface area (Å²) in [6.07, 6.45) is 8.16. The average molecular weight is 463 g/mol. The molecule has 0 unspecified atom stereocenters. The van der Waals surface area contributed by atoms with E-state index in [0.717, 1.165) is 30.9 Å². The van der Waals surface area contributed by atoms with Gasteiger partial charge in [0.15, 0.2) is 11.5 Å². The van der Waals surface area contributed by atoms with Crippen LogP contribution in [0.2, 0.25) is 0 Å². The van der Waals surface area contributed by atoms with E-state index in [1.165, 1.54) is 12.8 Å². The number of likely N-dealkylation sites (tertiary alicyclic amines) is 1. The van der Waals surface area contributed by atoms with E-state index in [-0.39, 0.29) is 0 Å². The molecule has 8 nitrogen and oxygen atoms in total. The van der Waals surface area contributed by atoms with Crippen molar-refractivity contribution < 1.29 is 18.6 Å². The Hall–Kier alpha value is -3.20. The Bertz CT molecular complexity index is 1110. The van der Waals surface area contributed by atoms with Crippen molar-refractivity contribution in [3.63, 3.8) is 0 Å². The Morgan fingerprint density at radius 2 is 1.85 bits per heavy atom. The fourth-order valence-corrected chi connectivity index (χ4v) is 4.09. The summed E-state index contributed by atoms with van der Waals surface area (Å²) in [6, 6.07) is 11.8. The lowest BCUT2D eigenvalue weighted by molar-refractivity contribution is 0.129. The first-order chi connectivity index (χ1) is 16.8. The number of hydrogen-bond acceptors (Lipinski definition) is 8. The van der Waals surface area contributed by atoms with Crippen molar-refractivity contribution in [1.29, 1.82) is 0 Å². The van der Waals surface area contributed by atoms with Crippen LogP contribution in [0.25, 0.3) is 11.5 Å². The Morgan fingerprint density at radius 1 is 1.00 bits per heavy atom. The highest BCUT2D eigenvalue weighted by atomic mass is 16.5. The van der Waals surface area contributed by atoms with Crippen LogP contribution in [0.1, 0.15) is 24.2 Å². The topological polar surface area (TPSA) is 81.9 Å². The van der Waals surface area contributed by atoms with E-state index in [1.807, 2.05) is 48.6 Å². The number of rotatable bonds is 4. The van der Waals surface area contributed by atoms with Crippen molar-refractivity contribution in [2.24, 2.45) is 0 Å². The molecule has 34 heavy (non-hydrogen) atoms. The predicted molar refractivity (Wildman–Crippen MR) is 129 cm³/mol. The minimum Gasteiger partial charge on any atom is -0.488 e. The van der Waals surface area contributed by atoms with Gasteiger partial charge in [-0.25, -0.2) is 9.97 Å². The van der Waals surface area contributed by atoms with Crippen molar-refractivity contribution in [2.75, 3.05) is 44.8 Å². The van der Waals surface area contributed by atoms with E-state index in [1.54, 1.807) is 6.20 Å². The molecule has 1 saturated heterocycles. The standard InChI is InChI=1S/C26H30N4O4/c1-2-11-30(10-1)12-15-33-24-17-22-19-32-14-4-3-13-31-18-20-6-5-7-21(16-20)28-26-27-9-8-23(29-26)25(24)34-22/h3-9,16-17H,1-2,10-15,18-19H2,(H,27,28,29). The Kier molecular flexibility index (Phi) is 7.50. The zero-order chi connectivity index (χ0) is 23.0. The largest absolute Gasteiger partial charge is 0.488 e. The molecule has 0 radical (unpaired) electrons. The summed E-state index contributed by atoms with van der Waals surface area (Å²) in [4.78, 5) is 11.5. The van der Waals surface area contributed by atoms with Crippen molar-refractivity contribution in [3.8, 4) is 17.2 Å². The number of hydrogen-bond donors (Lipinski definition) is 1. The predicted octanol–water partition coefficient (Wildman–Crippen LogP) is 4.56. The maximum absolute atomic E-state index is 6.16. The van der Waals surface area contributed by atoms with Crippen LogP contribution < -0.4 is 10.1 Å². The molecule has 2 aliphatic rings. The summed E-state index contributed by atoms with van der Waals surface area (Å²) in [5.74, 6) is 2.44. The van der Waals surface area contributed by atoms with Crippen LogP contribution in [0.4, 0.5) is 11.6 Å². The first kappa shape index (κ1) is 22.6. The number of ether oxygens (including phenoxy) is 3. The maximum Gasteiger partial charge on any atom is 0.227 e. The molecule has 0 amide bonds. The highest BCUT2D eigenvalue weighted by Gasteiger charge is 2.18. The van der Waals surface area contributed by atoms with E-state index in [4.69, 9.17) is 23.6 Å². The molecule has 1 fully saturated rings. The first-order valence-corrected chi connectivity index (χ1v) is 11.8. The molecule has 178 valence electrons. The Labute approximate surface area is 199 Å². The van der Waals surface area contributed by atoms with Gasteiger partial charge in [-0.05, 0) is 49.7 Å². The van der Waals surface area contributed by atoms with Gasteiger partial charge in [-0.3, -0.25) is 4.90 Å². The summed E-state index contributed by atoms with van der Waals surface area (Å²) in [6.45, 7) is 5.63. The zero-order valence-corrected chi connectivity index (χ0v) is 19.2. The third-order valence-corrected chi connectivity index (χ3v) is 5.79. The van der Waals surface area contributed by atoms with Gasteiger partial charge < -0.3 is 23.9 Å². The molecule has 5 rings (SSSR count). The summed E-state index contributed by atoms with van der Waals surface area (Å²) in [5, 5.41) is 3.28. The normalized spacial score (nSPS) is 17.1. The molecule has 4 heterocycles. The number of aromatic nitrogens is 2. The summed E-state index contributed by atoms with van der Waals surface area (Å²) in [7, 11) is 0. The molecule has 0 spiro atoms. The number of nitrogens with zero attached hydrogens (tertiary/aromatic N) is 3. The quantitative estimate of drug-likeness (QED) is 0.565. The van der Waals surface area contributed by atoms with Gasteiger partial charge >= 0.3 is 0 Å². The number of fused-ring (bicyclic) bond motifs is 7. The summed E-state index contributed by atoms with van der Waals surface area (Å²) in [5.41, 5.74) is 2.61. The van der Waals surface area contributed by atoms with Gasteiger partial charge in [0.2, 0.25) is 5.95 Å². The van der Waals surface area contributed by atoms with E-state index < -0.39 is 0 Å². The molecule has 3 aromatic rings. The molecular weight excluding hydrogens is 432 g/mol. The van der Waals surface area contributed by atoms with Crippen molar-refractivity contribution in [2.45, 2.75) is 26.1 Å². The minimum absolute atomic E-state index is 0.342. The second kappa shape index (κ2) is 11.3. The summed E-state index contributed by atoms with van der Waals surface area (Å²) < 4.78 is 23.8. The Balaban J connectivity index is 1.40.